The van der Waals surface area contributed by atoms with Crippen molar-refractivity contribution < 1.29 is 24.1 Å². The first-order valence-corrected chi connectivity index (χ1v) is 7.16. The quantitative estimate of drug-likeness (QED) is 0.803. The highest BCUT2D eigenvalue weighted by molar-refractivity contribution is 5.77. The number of aliphatic hydroxyl groups excluding tert-OH is 1. The summed E-state index contributed by atoms with van der Waals surface area (Å²) >= 11 is 0. The summed E-state index contributed by atoms with van der Waals surface area (Å²) in [6, 6.07) is 3.83. The van der Waals surface area contributed by atoms with Gasteiger partial charge in [0.05, 0.1) is 6.61 Å². The minimum atomic E-state index is -1.17. The second-order valence-corrected chi connectivity index (χ2v) is 6.31. The molecule has 5 nitrogen and oxygen atoms in total. The molecule has 0 radical (unpaired) electrons. The summed E-state index contributed by atoms with van der Waals surface area (Å²) in [5.41, 5.74) is 1.78. The predicted octanol–water partition coefficient (Wildman–Crippen LogP) is 2.14. The Morgan fingerprint density at radius 2 is 1.90 bits per heavy atom. The molecule has 0 aliphatic carbocycles. The third-order valence-corrected chi connectivity index (χ3v) is 4.08. The molecule has 3 rings (SSSR count). The molecule has 0 unspecified atom stereocenters. The molecule has 1 aromatic rings. The van der Waals surface area contributed by atoms with Gasteiger partial charge in [0, 0.05) is 31.2 Å². The van der Waals surface area contributed by atoms with E-state index >= 15 is 0 Å². The van der Waals surface area contributed by atoms with Crippen molar-refractivity contribution in [1.82, 2.24) is 0 Å². The fourth-order valence-corrected chi connectivity index (χ4v) is 3.02. The summed E-state index contributed by atoms with van der Waals surface area (Å²) in [6.45, 7) is 7.87. The zero-order valence-corrected chi connectivity index (χ0v) is 12.7. The van der Waals surface area contributed by atoms with E-state index in [1.165, 1.54) is 0 Å². The Labute approximate surface area is 123 Å². The fraction of sp³-hybridized carbons (Fsp3) is 0.562. The average Bonchev–Trinajstić information content (AvgIpc) is 2.73. The van der Waals surface area contributed by atoms with E-state index in [2.05, 4.69) is 0 Å². The summed E-state index contributed by atoms with van der Waals surface area (Å²) in [6.07, 6.45) is -1.17. The molecule has 0 aromatic heterocycles. The van der Waals surface area contributed by atoms with Gasteiger partial charge in [-0.25, -0.2) is 4.79 Å². The van der Waals surface area contributed by atoms with Gasteiger partial charge in [0.1, 0.15) is 0 Å². The van der Waals surface area contributed by atoms with E-state index in [0.717, 1.165) is 11.1 Å². The highest BCUT2D eigenvalue weighted by atomic mass is 16.7. The van der Waals surface area contributed by atoms with Gasteiger partial charge in [-0.1, -0.05) is 19.1 Å². The molecule has 1 saturated heterocycles. The van der Waals surface area contributed by atoms with Gasteiger partial charge in [0.15, 0.2) is 17.6 Å². The van der Waals surface area contributed by atoms with E-state index in [0.29, 0.717) is 18.1 Å². The second-order valence-electron chi connectivity index (χ2n) is 6.31. The van der Waals surface area contributed by atoms with Gasteiger partial charge in [-0.15, -0.1) is 0 Å². The molecule has 0 bridgehead atoms. The van der Waals surface area contributed by atoms with Crippen LogP contribution in [-0.4, -0.2) is 29.6 Å². The SMILES string of the molecule is Cc1ccc([C@H]2[C@H](C)COC(=O)[C@H]2O)c2c1OC(C)(C)O2. The van der Waals surface area contributed by atoms with E-state index in [1.807, 2.05) is 39.8 Å². The smallest absolute Gasteiger partial charge is 0.335 e. The summed E-state index contributed by atoms with van der Waals surface area (Å²) in [4.78, 5) is 11.7. The Morgan fingerprint density at radius 1 is 1.24 bits per heavy atom. The van der Waals surface area contributed by atoms with Crippen LogP contribution in [0.5, 0.6) is 11.5 Å². The molecule has 2 aliphatic heterocycles. The molecule has 3 atom stereocenters. The number of cyclic esters (lactones) is 1. The molecule has 1 N–H and O–H groups in total. The molecule has 0 amide bonds. The van der Waals surface area contributed by atoms with Crippen molar-refractivity contribution in [2.75, 3.05) is 6.61 Å². The summed E-state index contributed by atoms with van der Waals surface area (Å²) < 4.78 is 16.7. The Balaban J connectivity index is 2.08. The lowest BCUT2D eigenvalue weighted by Crippen LogP contribution is -2.41. The van der Waals surface area contributed by atoms with Crippen LogP contribution in [0.15, 0.2) is 12.1 Å². The Morgan fingerprint density at radius 3 is 2.62 bits per heavy atom. The molecule has 2 aliphatic rings. The highest BCUT2D eigenvalue weighted by Gasteiger charge is 2.43. The van der Waals surface area contributed by atoms with E-state index in [1.54, 1.807) is 0 Å². The molecular formula is C16H20O5. The van der Waals surface area contributed by atoms with Crippen LogP contribution in [0.3, 0.4) is 0 Å². The molecular weight excluding hydrogens is 272 g/mol. The largest absolute Gasteiger partial charge is 0.463 e. The monoisotopic (exact) mass is 292 g/mol. The second kappa shape index (κ2) is 4.63. The molecule has 0 spiro atoms. The van der Waals surface area contributed by atoms with E-state index in [-0.39, 0.29) is 11.8 Å². The van der Waals surface area contributed by atoms with Gasteiger partial charge in [0.2, 0.25) is 5.79 Å². The molecule has 1 fully saturated rings. The Hall–Kier alpha value is -1.75. The average molecular weight is 292 g/mol. The number of rotatable bonds is 1. The van der Waals surface area contributed by atoms with E-state index in [4.69, 9.17) is 14.2 Å². The summed E-state index contributed by atoms with van der Waals surface area (Å²) in [5.74, 6) is -0.339. The number of hydrogen-bond donors (Lipinski definition) is 1. The number of carbonyl (C=O) groups is 1. The van der Waals surface area contributed by atoms with Crippen LogP contribution in [0.2, 0.25) is 0 Å². The first-order valence-electron chi connectivity index (χ1n) is 7.16. The zero-order chi connectivity index (χ0) is 15.4. The number of carbonyl (C=O) groups excluding carboxylic acids is 1. The van der Waals surface area contributed by atoms with Crippen LogP contribution in [0.4, 0.5) is 0 Å². The molecule has 2 heterocycles. The first kappa shape index (κ1) is 14.2. The normalized spacial score (nSPS) is 30.1. The number of hydrogen-bond acceptors (Lipinski definition) is 5. The number of fused-ring (bicyclic) bond motifs is 1. The number of esters is 1. The van der Waals surface area contributed by atoms with E-state index < -0.39 is 17.9 Å². The predicted molar refractivity (Wildman–Crippen MR) is 75.4 cm³/mol. The van der Waals surface area contributed by atoms with Crippen molar-refractivity contribution in [2.24, 2.45) is 5.92 Å². The van der Waals surface area contributed by atoms with E-state index in [9.17, 15) is 9.90 Å². The Kier molecular flexibility index (Phi) is 3.13. The zero-order valence-electron chi connectivity index (χ0n) is 12.7. The topological polar surface area (TPSA) is 65.0 Å². The first-order chi connectivity index (χ1) is 9.80. The lowest BCUT2D eigenvalue weighted by Gasteiger charge is -2.33. The molecule has 21 heavy (non-hydrogen) atoms. The van der Waals surface area contributed by atoms with Crippen molar-refractivity contribution in [3.05, 3.63) is 23.3 Å². The van der Waals surface area contributed by atoms with Gasteiger partial charge in [-0.2, -0.15) is 0 Å². The van der Waals surface area contributed by atoms with Crippen LogP contribution in [0.1, 0.15) is 37.8 Å². The van der Waals surface area contributed by atoms with Crippen molar-refractivity contribution in [2.45, 2.75) is 45.5 Å². The minimum Gasteiger partial charge on any atom is -0.463 e. The van der Waals surface area contributed by atoms with Crippen LogP contribution in [0.25, 0.3) is 0 Å². The maximum atomic E-state index is 11.7. The van der Waals surface area contributed by atoms with Crippen LogP contribution in [0, 0.1) is 12.8 Å². The summed E-state index contributed by atoms with van der Waals surface area (Å²) in [7, 11) is 0. The van der Waals surface area contributed by atoms with Crippen LogP contribution in [-0.2, 0) is 9.53 Å². The van der Waals surface area contributed by atoms with Crippen molar-refractivity contribution in [3.8, 4) is 11.5 Å². The lowest BCUT2D eigenvalue weighted by molar-refractivity contribution is -0.164. The molecule has 1 aromatic carbocycles. The number of benzene rings is 1. The molecule has 0 saturated carbocycles. The number of aliphatic hydroxyl groups is 1. The summed E-state index contributed by atoms with van der Waals surface area (Å²) in [5, 5.41) is 10.2. The van der Waals surface area contributed by atoms with Crippen LogP contribution >= 0.6 is 0 Å². The number of ether oxygens (including phenoxy) is 3. The Bertz CT molecular complexity index is 593. The van der Waals surface area contributed by atoms with Gasteiger partial charge in [0.25, 0.3) is 0 Å². The minimum absolute atomic E-state index is 0.0109. The maximum Gasteiger partial charge on any atom is 0.335 e. The fourth-order valence-electron chi connectivity index (χ4n) is 3.02. The van der Waals surface area contributed by atoms with Crippen molar-refractivity contribution in [1.29, 1.82) is 0 Å². The van der Waals surface area contributed by atoms with Crippen molar-refractivity contribution >= 4 is 5.97 Å². The number of aryl methyl sites for hydroxylation is 1. The van der Waals surface area contributed by atoms with Crippen LogP contribution < -0.4 is 9.47 Å². The van der Waals surface area contributed by atoms with Gasteiger partial charge in [-0.05, 0) is 12.5 Å². The van der Waals surface area contributed by atoms with Crippen molar-refractivity contribution in [3.63, 3.8) is 0 Å². The van der Waals surface area contributed by atoms with Gasteiger partial charge < -0.3 is 19.3 Å². The standard InChI is InChI=1S/C16H20O5/c1-8-5-6-10(14-13(8)20-16(3,4)21-14)11-9(2)7-19-15(18)12(11)17/h5-6,9,11-12,17H,7H2,1-4H3/t9-,11-,12+/m1/s1. The third-order valence-electron chi connectivity index (χ3n) is 4.08. The lowest BCUT2D eigenvalue weighted by atomic mass is 9.81. The van der Waals surface area contributed by atoms with Gasteiger partial charge >= 0.3 is 5.97 Å². The maximum absolute atomic E-state index is 11.7. The van der Waals surface area contributed by atoms with Gasteiger partial charge in [-0.3, -0.25) is 0 Å². The molecule has 5 heteroatoms. The highest BCUT2D eigenvalue weighted by Crippen LogP contribution is 2.49. The molecule has 114 valence electrons. The third kappa shape index (κ3) is 2.25.